The molecular formula is C9H17NO3. The fraction of sp³-hybridized carbons (Fsp3) is 0.778. The fourth-order valence-electron chi connectivity index (χ4n) is 1.00. The van der Waals surface area contributed by atoms with Crippen LogP contribution in [0.25, 0.3) is 0 Å². The van der Waals surface area contributed by atoms with Crippen LogP contribution in [-0.4, -0.2) is 23.0 Å². The van der Waals surface area contributed by atoms with Crippen LogP contribution in [0.5, 0.6) is 0 Å². The molecule has 76 valence electrons. The number of carboxylic acid groups (broad SMARTS) is 1. The minimum Gasteiger partial charge on any atom is -0.480 e. The average Bonchev–Trinajstić information content (AvgIpc) is 1.96. The first-order valence-electron chi connectivity index (χ1n) is 4.43. The van der Waals surface area contributed by atoms with E-state index < -0.39 is 12.0 Å². The molecule has 0 radical (unpaired) electrons. The smallest absolute Gasteiger partial charge is 0.326 e. The number of amides is 1. The maximum absolute atomic E-state index is 10.6. The molecule has 0 unspecified atom stereocenters. The molecule has 0 aliphatic carbocycles. The lowest BCUT2D eigenvalue weighted by atomic mass is 10.0. The summed E-state index contributed by atoms with van der Waals surface area (Å²) in [4.78, 5) is 21.3. The maximum atomic E-state index is 10.6. The molecular weight excluding hydrogens is 170 g/mol. The van der Waals surface area contributed by atoms with Crippen LogP contribution < -0.4 is 5.32 Å². The molecule has 1 atom stereocenters. The van der Waals surface area contributed by atoms with E-state index in [-0.39, 0.29) is 5.91 Å². The zero-order valence-electron chi connectivity index (χ0n) is 8.33. The van der Waals surface area contributed by atoms with Crippen molar-refractivity contribution in [1.82, 2.24) is 5.32 Å². The van der Waals surface area contributed by atoms with Gasteiger partial charge in [0, 0.05) is 6.92 Å². The van der Waals surface area contributed by atoms with Gasteiger partial charge in [0.25, 0.3) is 0 Å². The number of carboxylic acids is 1. The van der Waals surface area contributed by atoms with Gasteiger partial charge in [-0.15, -0.1) is 0 Å². The van der Waals surface area contributed by atoms with Crippen molar-refractivity contribution in [2.45, 2.75) is 39.7 Å². The number of carbonyl (C=O) groups is 2. The van der Waals surface area contributed by atoms with Gasteiger partial charge in [0.15, 0.2) is 0 Å². The highest BCUT2D eigenvalue weighted by Gasteiger charge is 2.17. The Morgan fingerprint density at radius 3 is 2.15 bits per heavy atom. The second-order valence-electron chi connectivity index (χ2n) is 3.56. The second-order valence-corrected chi connectivity index (χ2v) is 3.56. The minimum atomic E-state index is -0.962. The molecule has 0 rings (SSSR count). The maximum Gasteiger partial charge on any atom is 0.326 e. The lowest BCUT2D eigenvalue weighted by molar-refractivity contribution is -0.141. The number of carbonyl (C=O) groups excluding carboxylic acids is 1. The Morgan fingerprint density at radius 1 is 1.31 bits per heavy atom. The molecule has 0 aliphatic rings. The van der Waals surface area contributed by atoms with Gasteiger partial charge in [-0.2, -0.15) is 0 Å². The SMILES string of the molecule is CC(=O)N[C@@H](CCC(C)C)C(=O)O. The van der Waals surface area contributed by atoms with Crippen LogP contribution in [0.2, 0.25) is 0 Å². The van der Waals surface area contributed by atoms with E-state index in [2.05, 4.69) is 5.32 Å². The topological polar surface area (TPSA) is 66.4 Å². The summed E-state index contributed by atoms with van der Waals surface area (Å²) in [6.07, 6.45) is 1.30. The van der Waals surface area contributed by atoms with Crippen molar-refractivity contribution in [2.24, 2.45) is 5.92 Å². The van der Waals surface area contributed by atoms with Crippen molar-refractivity contribution in [3.63, 3.8) is 0 Å². The van der Waals surface area contributed by atoms with Crippen molar-refractivity contribution >= 4 is 11.9 Å². The van der Waals surface area contributed by atoms with Crippen LogP contribution in [0.15, 0.2) is 0 Å². The average molecular weight is 187 g/mol. The van der Waals surface area contributed by atoms with Gasteiger partial charge in [-0.1, -0.05) is 13.8 Å². The van der Waals surface area contributed by atoms with Gasteiger partial charge in [-0.05, 0) is 18.8 Å². The third-order valence-corrected chi connectivity index (χ3v) is 1.71. The zero-order valence-corrected chi connectivity index (χ0v) is 8.33. The normalized spacial score (nSPS) is 12.6. The molecule has 0 aromatic carbocycles. The largest absolute Gasteiger partial charge is 0.480 e. The summed E-state index contributed by atoms with van der Waals surface area (Å²) >= 11 is 0. The van der Waals surface area contributed by atoms with E-state index in [0.717, 1.165) is 6.42 Å². The monoisotopic (exact) mass is 187 g/mol. The molecule has 0 saturated carbocycles. The number of rotatable bonds is 5. The van der Waals surface area contributed by atoms with Gasteiger partial charge in [-0.3, -0.25) is 4.79 Å². The summed E-state index contributed by atoms with van der Waals surface area (Å²) in [5, 5.41) is 11.1. The van der Waals surface area contributed by atoms with Crippen LogP contribution >= 0.6 is 0 Å². The lowest BCUT2D eigenvalue weighted by Gasteiger charge is -2.13. The van der Waals surface area contributed by atoms with Gasteiger partial charge in [-0.25, -0.2) is 4.79 Å². The number of aliphatic carboxylic acids is 1. The Morgan fingerprint density at radius 2 is 1.85 bits per heavy atom. The summed E-state index contributed by atoms with van der Waals surface area (Å²) in [5.74, 6) is -0.803. The number of hydrogen-bond donors (Lipinski definition) is 2. The van der Waals surface area contributed by atoms with Crippen molar-refractivity contribution in [3.8, 4) is 0 Å². The summed E-state index contributed by atoms with van der Waals surface area (Å²) in [7, 11) is 0. The first-order chi connectivity index (χ1) is 5.93. The van der Waals surface area contributed by atoms with Gasteiger partial charge in [0.1, 0.15) is 6.04 Å². The Balaban J connectivity index is 3.95. The highest BCUT2D eigenvalue weighted by atomic mass is 16.4. The molecule has 4 heteroatoms. The predicted molar refractivity (Wildman–Crippen MR) is 49.3 cm³/mol. The Bertz CT molecular complexity index is 189. The van der Waals surface area contributed by atoms with E-state index in [1.165, 1.54) is 6.92 Å². The van der Waals surface area contributed by atoms with E-state index in [1.807, 2.05) is 13.8 Å². The van der Waals surface area contributed by atoms with Gasteiger partial charge >= 0.3 is 5.97 Å². The molecule has 13 heavy (non-hydrogen) atoms. The number of hydrogen-bond acceptors (Lipinski definition) is 2. The third kappa shape index (κ3) is 6.13. The van der Waals surface area contributed by atoms with E-state index in [0.29, 0.717) is 12.3 Å². The van der Waals surface area contributed by atoms with Crippen molar-refractivity contribution in [3.05, 3.63) is 0 Å². The van der Waals surface area contributed by atoms with E-state index in [1.54, 1.807) is 0 Å². The zero-order chi connectivity index (χ0) is 10.4. The van der Waals surface area contributed by atoms with Crippen molar-refractivity contribution in [1.29, 1.82) is 0 Å². The van der Waals surface area contributed by atoms with Gasteiger partial charge in [0.2, 0.25) is 5.91 Å². The molecule has 0 aliphatic heterocycles. The minimum absolute atomic E-state index is 0.295. The van der Waals surface area contributed by atoms with Crippen LogP contribution in [0.4, 0.5) is 0 Å². The molecule has 0 spiro atoms. The molecule has 2 N–H and O–H groups in total. The molecule has 4 nitrogen and oxygen atoms in total. The summed E-state index contributed by atoms with van der Waals surface area (Å²) in [6, 6.07) is -0.736. The first kappa shape index (κ1) is 11.9. The molecule has 0 aromatic heterocycles. The molecule has 1 amide bonds. The molecule has 0 bridgehead atoms. The fourth-order valence-corrected chi connectivity index (χ4v) is 1.00. The second kappa shape index (κ2) is 5.56. The summed E-state index contributed by atoms with van der Waals surface area (Å²) < 4.78 is 0. The van der Waals surface area contributed by atoms with E-state index in [9.17, 15) is 9.59 Å². The van der Waals surface area contributed by atoms with Crippen LogP contribution in [0.3, 0.4) is 0 Å². The standard InChI is InChI=1S/C9H17NO3/c1-6(2)4-5-8(9(12)13)10-7(3)11/h6,8H,4-5H2,1-3H3,(H,10,11)(H,12,13)/t8-/m0/s1. The summed E-state index contributed by atoms with van der Waals surface area (Å²) in [5.41, 5.74) is 0. The van der Waals surface area contributed by atoms with Crippen LogP contribution in [0, 0.1) is 5.92 Å². The van der Waals surface area contributed by atoms with Gasteiger partial charge in [0.05, 0.1) is 0 Å². The Hall–Kier alpha value is -1.06. The Labute approximate surface area is 78.3 Å². The van der Waals surface area contributed by atoms with Crippen LogP contribution in [0.1, 0.15) is 33.6 Å². The van der Waals surface area contributed by atoms with E-state index >= 15 is 0 Å². The number of nitrogens with one attached hydrogen (secondary N) is 1. The van der Waals surface area contributed by atoms with Crippen molar-refractivity contribution in [2.75, 3.05) is 0 Å². The van der Waals surface area contributed by atoms with Crippen molar-refractivity contribution < 1.29 is 14.7 Å². The lowest BCUT2D eigenvalue weighted by Crippen LogP contribution is -2.39. The highest BCUT2D eigenvalue weighted by molar-refractivity contribution is 5.81. The van der Waals surface area contributed by atoms with E-state index in [4.69, 9.17) is 5.11 Å². The van der Waals surface area contributed by atoms with Gasteiger partial charge < -0.3 is 10.4 Å². The predicted octanol–water partition coefficient (Wildman–Crippen LogP) is 1.01. The third-order valence-electron chi connectivity index (χ3n) is 1.71. The van der Waals surface area contributed by atoms with Crippen LogP contribution in [-0.2, 0) is 9.59 Å². The molecule has 0 fully saturated rings. The molecule has 0 saturated heterocycles. The molecule has 0 aromatic rings. The quantitative estimate of drug-likeness (QED) is 0.675. The highest BCUT2D eigenvalue weighted by Crippen LogP contribution is 2.06. The summed E-state index contributed by atoms with van der Waals surface area (Å²) in [6.45, 7) is 5.37. The first-order valence-corrected chi connectivity index (χ1v) is 4.43. The Kier molecular flexibility index (Phi) is 5.11. The molecule has 0 heterocycles.